The molecule has 2 aromatic rings. The highest BCUT2D eigenvalue weighted by molar-refractivity contribution is 5.93. The number of guanidine groups is 1. The van der Waals surface area contributed by atoms with Crippen molar-refractivity contribution in [2.75, 3.05) is 59.3 Å². The molecule has 3 rings (SSSR count). The number of rotatable bonds is 5. The number of nitrogens with zero attached hydrogens (tertiary/aromatic N) is 4. The normalized spacial score (nSPS) is 14.5. The summed E-state index contributed by atoms with van der Waals surface area (Å²) in [5, 5.41) is 3.44. The van der Waals surface area contributed by atoms with E-state index in [-0.39, 0.29) is 5.91 Å². The van der Waals surface area contributed by atoms with Gasteiger partial charge in [-0.1, -0.05) is 24.3 Å². The van der Waals surface area contributed by atoms with Gasteiger partial charge in [0.1, 0.15) is 5.75 Å². The number of carbonyl (C=O) groups excluding carboxylic acids is 1. The van der Waals surface area contributed by atoms with Gasteiger partial charge in [0.2, 0.25) is 0 Å². The summed E-state index contributed by atoms with van der Waals surface area (Å²) >= 11 is 0. The first-order chi connectivity index (χ1) is 14.5. The fraction of sp³-hybridized carbons (Fsp3) is 0.391. The van der Waals surface area contributed by atoms with E-state index in [0.717, 1.165) is 49.1 Å². The summed E-state index contributed by atoms with van der Waals surface area (Å²) in [6.45, 7) is 4.24. The summed E-state index contributed by atoms with van der Waals surface area (Å²) in [5.74, 6) is 1.81. The van der Waals surface area contributed by atoms with Crippen molar-refractivity contribution in [3.05, 3.63) is 59.7 Å². The van der Waals surface area contributed by atoms with Gasteiger partial charge < -0.3 is 24.8 Å². The van der Waals surface area contributed by atoms with Gasteiger partial charge in [0.15, 0.2) is 5.96 Å². The monoisotopic (exact) mass is 409 g/mol. The number of ether oxygens (including phenoxy) is 1. The minimum atomic E-state index is 0.0123. The second-order valence-corrected chi connectivity index (χ2v) is 7.44. The Kier molecular flexibility index (Phi) is 7.17. The van der Waals surface area contributed by atoms with E-state index in [9.17, 15) is 4.79 Å². The van der Waals surface area contributed by atoms with Crippen LogP contribution in [0.3, 0.4) is 0 Å². The third-order valence-corrected chi connectivity index (χ3v) is 5.27. The molecule has 7 nitrogen and oxygen atoms in total. The fourth-order valence-corrected chi connectivity index (χ4v) is 3.59. The second kappa shape index (κ2) is 10.0. The van der Waals surface area contributed by atoms with Gasteiger partial charge in [-0.25, -0.2) is 0 Å². The lowest BCUT2D eigenvalue weighted by molar-refractivity contribution is 0.0827. The Morgan fingerprint density at radius 1 is 1.07 bits per heavy atom. The summed E-state index contributed by atoms with van der Waals surface area (Å²) in [6.07, 6.45) is 0. The second-order valence-electron chi connectivity index (χ2n) is 7.44. The summed E-state index contributed by atoms with van der Waals surface area (Å²) in [4.78, 5) is 22.7. The molecule has 0 bridgehead atoms. The summed E-state index contributed by atoms with van der Waals surface area (Å²) in [5.41, 5.74) is 2.94. The molecule has 0 saturated carbocycles. The maximum absolute atomic E-state index is 12.0. The number of aliphatic imine (C=N–C) groups is 1. The third-order valence-electron chi connectivity index (χ3n) is 5.27. The largest absolute Gasteiger partial charge is 0.495 e. The molecule has 7 heteroatoms. The van der Waals surface area contributed by atoms with Crippen LogP contribution in [0.2, 0.25) is 0 Å². The van der Waals surface area contributed by atoms with Crippen LogP contribution in [0.5, 0.6) is 5.75 Å². The van der Waals surface area contributed by atoms with Gasteiger partial charge in [0, 0.05) is 59.4 Å². The van der Waals surface area contributed by atoms with Crippen LogP contribution in [0.4, 0.5) is 5.69 Å². The highest BCUT2D eigenvalue weighted by Crippen LogP contribution is 2.28. The molecule has 1 heterocycles. The molecule has 0 spiro atoms. The molecule has 1 amide bonds. The number of amides is 1. The molecule has 1 aliphatic rings. The van der Waals surface area contributed by atoms with Gasteiger partial charge in [-0.2, -0.15) is 0 Å². The molecule has 160 valence electrons. The van der Waals surface area contributed by atoms with Crippen LogP contribution in [0.25, 0.3) is 0 Å². The molecular weight excluding hydrogens is 378 g/mol. The zero-order chi connectivity index (χ0) is 21.5. The molecule has 0 unspecified atom stereocenters. The highest BCUT2D eigenvalue weighted by Gasteiger charge is 2.21. The smallest absolute Gasteiger partial charge is 0.253 e. The molecule has 0 aliphatic carbocycles. The summed E-state index contributed by atoms with van der Waals surface area (Å²) in [6, 6.07) is 15.8. The Hall–Kier alpha value is -3.22. The lowest BCUT2D eigenvalue weighted by Gasteiger charge is -2.38. The molecule has 2 aromatic carbocycles. The first-order valence-electron chi connectivity index (χ1n) is 10.2. The van der Waals surface area contributed by atoms with E-state index in [2.05, 4.69) is 26.2 Å². The number of benzene rings is 2. The molecule has 1 N–H and O–H groups in total. The molecule has 30 heavy (non-hydrogen) atoms. The molecular formula is C23H31N5O2. The van der Waals surface area contributed by atoms with Crippen LogP contribution in [-0.2, 0) is 6.54 Å². The lowest BCUT2D eigenvalue weighted by atomic mass is 10.1. The van der Waals surface area contributed by atoms with Gasteiger partial charge >= 0.3 is 0 Å². The van der Waals surface area contributed by atoms with Crippen molar-refractivity contribution < 1.29 is 9.53 Å². The number of para-hydroxylation sites is 2. The third kappa shape index (κ3) is 5.03. The molecule has 0 aromatic heterocycles. The zero-order valence-corrected chi connectivity index (χ0v) is 18.3. The van der Waals surface area contributed by atoms with Crippen molar-refractivity contribution in [1.82, 2.24) is 15.1 Å². The minimum absolute atomic E-state index is 0.0123. The van der Waals surface area contributed by atoms with E-state index in [4.69, 9.17) is 4.74 Å². The lowest BCUT2D eigenvalue weighted by Crippen LogP contribution is -2.52. The predicted octanol–water partition coefficient (Wildman–Crippen LogP) is 2.29. The quantitative estimate of drug-likeness (QED) is 0.607. The Balaban J connectivity index is 1.54. The molecule has 1 saturated heterocycles. The van der Waals surface area contributed by atoms with E-state index in [1.807, 2.05) is 49.5 Å². The average molecular weight is 410 g/mol. The van der Waals surface area contributed by atoms with Crippen LogP contribution in [0, 0.1) is 0 Å². The van der Waals surface area contributed by atoms with Gasteiger partial charge in [0.25, 0.3) is 5.91 Å². The molecule has 0 atom stereocenters. The van der Waals surface area contributed by atoms with Crippen molar-refractivity contribution in [2.24, 2.45) is 4.99 Å². The van der Waals surface area contributed by atoms with Gasteiger partial charge in [0.05, 0.1) is 12.8 Å². The first kappa shape index (κ1) is 21.5. The van der Waals surface area contributed by atoms with E-state index >= 15 is 0 Å². The molecule has 0 radical (unpaired) electrons. The standard InChI is InChI=1S/C23H31N5O2/c1-24-23(25-17-18-9-11-19(12-10-18)22(29)26(2)3)28-15-13-27(14-16-28)20-7-5-6-8-21(20)30-4/h5-12H,13-17H2,1-4H3,(H,24,25). The number of anilines is 1. The number of nitrogens with one attached hydrogen (secondary N) is 1. The van der Waals surface area contributed by atoms with Crippen LogP contribution in [0.15, 0.2) is 53.5 Å². The number of piperazine rings is 1. The Bertz CT molecular complexity index is 871. The number of hydrogen-bond acceptors (Lipinski definition) is 4. The van der Waals surface area contributed by atoms with E-state index in [1.54, 1.807) is 26.1 Å². The minimum Gasteiger partial charge on any atom is -0.495 e. The van der Waals surface area contributed by atoms with Crippen molar-refractivity contribution in [3.63, 3.8) is 0 Å². The fourth-order valence-electron chi connectivity index (χ4n) is 3.59. The topological polar surface area (TPSA) is 60.4 Å². The predicted molar refractivity (Wildman–Crippen MR) is 121 cm³/mol. The van der Waals surface area contributed by atoms with Gasteiger partial charge in [-0.3, -0.25) is 9.79 Å². The Morgan fingerprint density at radius 3 is 2.33 bits per heavy atom. The van der Waals surface area contributed by atoms with E-state index < -0.39 is 0 Å². The van der Waals surface area contributed by atoms with Crippen molar-refractivity contribution in [3.8, 4) is 5.75 Å². The Morgan fingerprint density at radius 2 is 1.73 bits per heavy atom. The van der Waals surface area contributed by atoms with Crippen molar-refractivity contribution in [2.45, 2.75) is 6.54 Å². The van der Waals surface area contributed by atoms with Crippen LogP contribution < -0.4 is 15.0 Å². The molecule has 1 fully saturated rings. The highest BCUT2D eigenvalue weighted by atomic mass is 16.5. The Labute approximate surface area is 178 Å². The van der Waals surface area contributed by atoms with Crippen LogP contribution >= 0.6 is 0 Å². The number of methoxy groups -OCH3 is 1. The van der Waals surface area contributed by atoms with Gasteiger partial charge in [-0.15, -0.1) is 0 Å². The summed E-state index contributed by atoms with van der Waals surface area (Å²) in [7, 11) is 7.04. The maximum Gasteiger partial charge on any atom is 0.253 e. The van der Waals surface area contributed by atoms with Crippen LogP contribution in [0.1, 0.15) is 15.9 Å². The van der Waals surface area contributed by atoms with Crippen molar-refractivity contribution >= 4 is 17.6 Å². The average Bonchev–Trinajstić information content (AvgIpc) is 2.79. The zero-order valence-electron chi connectivity index (χ0n) is 18.3. The number of hydrogen-bond donors (Lipinski definition) is 1. The van der Waals surface area contributed by atoms with Crippen molar-refractivity contribution in [1.29, 1.82) is 0 Å². The molecule has 1 aliphatic heterocycles. The van der Waals surface area contributed by atoms with E-state index in [0.29, 0.717) is 12.1 Å². The van der Waals surface area contributed by atoms with Crippen LogP contribution in [-0.4, -0.2) is 76.1 Å². The number of carbonyl (C=O) groups is 1. The van der Waals surface area contributed by atoms with Gasteiger partial charge in [-0.05, 0) is 29.8 Å². The summed E-state index contributed by atoms with van der Waals surface area (Å²) < 4.78 is 5.50. The first-order valence-corrected chi connectivity index (χ1v) is 10.2. The van der Waals surface area contributed by atoms with E-state index in [1.165, 1.54) is 0 Å². The maximum atomic E-state index is 12.0. The SMILES string of the molecule is CN=C(NCc1ccc(C(=O)N(C)C)cc1)N1CCN(c2ccccc2OC)CC1.